The van der Waals surface area contributed by atoms with Crippen LogP contribution in [-0.4, -0.2) is 45.1 Å². The molecule has 4 aromatic rings. The number of benzene rings is 2. The molecule has 0 aliphatic heterocycles. The summed E-state index contributed by atoms with van der Waals surface area (Å²) in [6.07, 6.45) is 3.73. The maximum atomic E-state index is 6.28. The van der Waals surface area contributed by atoms with Gasteiger partial charge in [0, 0.05) is 18.0 Å². The molecule has 2 N–H and O–H groups in total. The predicted molar refractivity (Wildman–Crippen MR) is 125 cm³/mol. The van der Waals surface area contributed by atoms with Gasteiger partial charge < -0.3 is 15.4 Å². The van der Waals surface area contributed by atoms with Crippen LogP contribution in [0.3, 0.4) is 0 Å². The summed E-state index contributed by atoms with van der Waals surface area (Å²) in [5.41, 5.74) is 9.93. The fourth-order valence-corrected chi connectivity index (χ4v) is 4.53. The summed E-state index contributed by atoms with van der Waals surface area (Å²) in [5.74, 6) is 3.27. The fraction of sp³-hybridized carbons (Fsp3) is 0.320. The van der Waals surface area contributed by atoms with Crippen molar-refractivity contribution in [2.45, 2.75) is 25.4 Å². The number of aromatic nitrogens is 4. The highest BCUT2D eigenvalue weighted by molar-refractivity contribution is 5.85. The van der Waals surface area contributed by atoms with Crippen LogP contribution >= 0.6 is 0 Å². The first-order valence-electron chi connectivity index (χ1n) is 11.0. The maximum Gasteiger partial charge on any atom is 0.153 e. The second-order valence-electron chi connectivity index (χ2n) is 8.82. The highest BCUT2D eigenvalue weighted by Gasteiger charge is 2.35. The van der Waals surface area contributed by atoms with Crippen LogP contribution in [0.15, 0.2) is 60.9 Å². The SMILES string of the molecule is CN(C)CC1CC(c2nc(-c3cccc(OCc4ccccc4)c3)c3c(N)ncnn23)C1. The van der Waals surface area contributed by atoms with E-state index in [1.807, 2.05) is 47.0 Å². The molecule has 1 aliphatic carbocycles. The van der Waals surface area contributed by atoms with Gasteiger partial charge in [0.1, 0.15) is 35.7 Å². The van der Waals surface area contributed by atoms with Crippen molar-refractivity contribution in [2.75, 3.05) is 26.4 Å². The van der Waals surface area contributed by atoms with Gasteiger partial charge in [-0.1, -0.05) is 42.5 Å². The lowest BCUT2D eigenvalue weighted by atomic mass is 9.74. The fourth-order valence-electron chi connectivity index (χ4n) is 4.53. The first-order valence-corrected chi connectivity index (χ1v) is 11.0. The van der Waals surface area contributed by atoms with E-state index in [1.54, 1.807) is 0 Å². The molecule has 164 valence electrons. The van der Waals surface area contributed by atoms with E-state index in [2.05, 4.69) is 41.2 Å². The minimum atomic E-state index is 0.382. The molecule has 0 bridgehead atoms. The molecule has 0 amide bonds. The summed E-state index contributed by atoms with van der Waals surface area (Å²) in [5, 5.41) is 4.50. The molecule has 1 aliphatic rings. The average Bonchev–Trinajstić information content (AvgIpc) is 3.16. The summed E-state index contributed by atoms with van der Waals surface area (Å²) in [6.45, 7) is 1.62. The van der Waals surface area contributed by atoms with E-state index in [-0.39, 0.29) is 0 Å². The van der Waals surface area contributed by atoms with Crippen LogP contribution in [-0.2, 0) is 6.61 Å². The molecular formula is C25H28N6O. The Hall–Kier alpha value is -3.45. The molecule has 5 rings (SSSR count). The number of fused-ring (bicyclic) bond motifs is 1. The first kappa shape index (κ1) is 20.5. The lowest BCUT2D eigenvalue weighted by molar-refractivity contribution is 0.193. The molecule has 0 saturated heterocycles. The number of nitrogens with zero attached hydrogens (tertiary/aromatic N) is 5. The Morgan fingerprint density at radius 1 is 1.09 bits per heavy atom. The number of anilines is 1. The first-order chi connectivity index (χ1) is 15.6. The third-order valence-corrected chi connectivity index (χ3v) is 6.07. The summed E-state index contributed by atoms with van der Waals surface area (Å²) >= 11 is 0. The van der Waals surface area contributed by atoms with Crippen molar-refractivity contribution in [1.29, 1.82) is 0 Å². The summed E-state index contributed by atoms with van der Waals surface area (Å²) in [6, 6.07) is 18.1. The van der Waals surface area contributed by atoms with Crippen LogP contribution in [0.2, 0.25) is 0 Å². The lowest BCUT2D eigenvalue weighted by Gasteiger charge is -2.35. The van der Waals surface area contributed by atoms with Crippen LogP contribution in [0, 0.1) is 5.92 Å². The van der Waals surface area contributed by atoms with Gasteiger partial charge in [0.05, 0.1) is 0 Å². The van der Waals surface area contributed by atoms with Gasteiger partial charge >= 0.3 is 0 Å². The highest BCUT2D eigenvalue weighted by atomic mass is 16.5. The van der Waals surface area contributed by atoms with Crippen molar-refractivity contribution < 1.29 is 4.74 Å². The average molecular weight is 429 g/mol. The van der Waals surface area contributed by atoms with Gasteiger partial charge in [-0.25, -0.2) is 14.5 Å². The molecule has 7 heteroatoms. The van der Waals surface area contributed by atoms with Gasteiger partial charge in [0.15, 0.2) is 5.82 Å². The molecule has 0 atom stereocenters. The van der Waals surface area contributed by atoms with E-state index in [9.17, 15) is 0 Å². The zero-order chi connectivity index (χ0) is 22.1. The zero-order valence-electron chi connectivity index (χ0n) is 18.5. The Bertz CT molecular complexity index is 1210. The van der Waals surface area contributed by atoms with E-state index in [0.29, 0.717) is 24.3 Å². The van der Waals surface area contributed by atoms with Crippen molar-refractivity contribution in [1.82, 2.24) is 24.5 Å². The van der Waals surface area contributed by atoms with Crippen LogP contribution in [0.5, 0.6) is 5.75 Å². The number of imidazole rings is 1. The Kier molecular flexibility index (Phi) is 5.49. The van der Waals surface area contributed by atoms with Gasteiger partial charge in [-0.2, -0.15) is 5.10 Å². The number of rotatable bonds is 7. The van der Waals surface area contributed by atoms with Crippen molar-refractivity contribution in [3.63, 3.8) is 0 Å². The topological polar surface area (TPSA) is 81.6 Å². The largest absolute Gasteiger partial charge is 0.489 e. The Balaban J connectivity index is 1.44. The third-order valence-electron chi connectivity index (χ3n) is 6.07. The molecule has 1 fully saturated rings. The smallest absolute Gasteiger partial charge is 0.153 e. The van der Waals surface area contributed by atoms with E-state index in [1.165, 1.54) is 6.33 Å². The second kappa shape index (κ2) is 8.59. The Labute approximate surface area is 187 Å². The van der Waals surface area contributed by atoms with Crippen LogP contribution in [0.1, 0.15) is 30.1 Å². The van der Waals surface area contributed by atoms with Gasteiger partial charge in [0.25, 0.3) is 0 Å². The summed E-state index contributed by atoms with van der Waals surface area (Å²) in [7, 11) is 4.24. The van der Waals surface area contributed by atoms with Crippen molar-refractivity contribution >= 4 is 11.3 Å². The van der Waals surface area contributed by atoms with E-state index < -0.39 is 0 Å². The quantitative estimate of drug-likeness (QED) is 0.479. The number of hydrogen-bond donors (Lipinski definition) is 1. The molecule has 2 aromatic heterocycles. The number of nitrogen functional groups attached to an aromatic ring is 1. The predicted octanol–water partition coefficient (Wildman–Crippen LogP) is 4.01. The molecule has 7 nitrogen and oxygen atoms in total. The second-order valence-corrected chi connectivity index (χ2v) is 8.82. The summed E-state index contributed by atoms with van der Waals surface area (Å²) in [4.78, 5) is 11.5. The Morgan fingerprint density at radius 3 is 2.69 bits per heavy atom. The van der Waals surface area contributed by atoms with Gasteiger partial charge in [-0.3, -0.25) is 0 Å². The van der Waals surface area contributed by atoms with Crippen molar-refractivity contribution in [3.8, 4) is 17.0 Å². The van der Waals surface area contributed by atoms with Crippen LogP contribution in [0.25, 0.3) is 16.8 Å². The normalized spacial score (nSPS) is 18.1. The molecule has 2 aromatic carbocycles. The molecule has 0 unspecified atom stereocenters. The van der Waals surface area contributed by atoms with Gasteiger partial charge in [-0.15, -0.1) is 0 Å². The van der Waals surface area contributed by atoms with Gasteiger partial charge in [-0.05, 0) is 50.6 Å². The molecule has 0 spiro atoms. The molecule has 2 heterocycles. The van der Waals surface area contributed by atoms with Crippen LogP contribution in [0.4, 0.5) is 5.82 Å². The molecule has 1 saturated carbocycles. The van der Waals surface area contributed by atoms with Crippen molar-refractivity contribution in [3.05, 3.63) is 72.3 Å². The van der Waals surface area contributed by atoms with Gasteiger partial charge in [0.2, 0.25) is 0 Å². The minimum absolute atomic E-state index is 0.382. The highest BCUT2D eigenvalue weighted by Crippen LogP contribution is 2.43. The van der Waals surface area contributed by atoms with E-state index >= 15 is 0 Å². The monoisotopic (exact) mass is 428 g/mol. The minimum Gasteiger partial charge on any atom is -0.489 e. The number of nitrogens with two attached hydrogens (primary N) is 1. The van der Waals surface area contributed by atoms with E-state index in [0.717, 1.165) is 53.3 Å². The van der Waals surface area contributed by atoms with Crippen LogP contribution < -0.4 is 10.5 Å². The maximum absolute atomic E-state index is 6.28. The molecule has 32 heavy (non-hydrogen) atoms. The lowest BCUT2D eigenvalue weighted by Crippen LogP contribution is -2.32. The molecular weight excluding hydrogens is 400 g/mol. The molecule has 0 radical (unpaired) electrons. The zero-order valence-corrected chi connectivity index (χ0v) is 18.5. The number of hydrogen-bond acceptors (Lipinski definition) is 6. The Morgan fingerprint density at radius 2 is 1.91 bits per heavy atom. The van der Waals surface area contributed by atoms with Crippen molar-refractivity contribution in [2.24, 2.45) is 5.92 Å². The number of ether oxygens (including phenoxy) is 1. The summed E-state index contributed by atoms with van der Waals surface area (Å²) < 4.78 is 7.91. The van der Waals surface area contributed by atoms with E-state index in [4.69, 9.17) is 15.5 Å². The standard InChI is InChI=1S/C25H28N6O/c1-30(2)14-18-11-20(12-18)25-29-22(23-24(26)27-16-28-31(23)25)19-9-6-10-21(13-19)32-15-17-7-4-3-5-8-17/h3-10,13,16,18,20H,11-12,14-15H2,1-2H3,(H2,26,27,28). The third kappa shape index (κ3) is 4.03.